The Balaban J connectivity index is 2.19. The Morgan fingerprint density at radius 3 is 2.79 bits per heavy atom. The summed E-state index contributed by atoms with van der Waals surface area (Å²) in [6, 6.07) is 4.89. The molecule has 1 aliphatic heterocycles. The minimum absolute atomic E-state index is 0.190. The summed E-state index contributed by atoms with van der Waals surface area (Å²) in [6.45, 7) is 7.61. The summed E-state index contributed by atoms with van der Waals surface area (Å²) in [5.74, 6) is -0.831. The van der Waals surface area contributed by atoms with Crippen molar-refractivity contribution in [1.29, 1.82) is 0 Å². The number of aromatic hydroxyl groups is 1. The highest BCUT2D eigenvalue weighted by atomic mass is 19.1. The van der Waals surface area contributed by atoms with E-state index in [0.29, 0.717) is 0 Å². The molecule has 1 heterocycles. The van der Waals surface area contributed by atoms with Gasteiger partial charge in [-0.05, 0) is 30.5 Å². The van der Waals surface area contributed by atoms with E-state index < -0.39 is 5.82 Å². The van der Waals surface area contributed by atoms with E-state index in [2.05, 4.69) is 16.8 Å². The van der Waals surface area contributed by atoms with Gasteiger partial charge in [0.05, 0.1) is 0 Å². The summed E-state index contributed by atoms with van der Waals surface area (Å²) in [6.07, 6.45) is 3.72. The number of nitrogens with zero attached hydrogens (tertiary/aromatic N) is 1. The van der Waals surface area contributed by atoms with Gasteiger partial charge in [-0.25, -0.2) is 4.39 Å². The van der Waals surface area contributed by atoms with Crippen LogP contribution in [0.2, 0.25) is 0 Å². The second-order valence-electron chi connectivity index (χ2n) is 4.88. The minimum atomic E-state index is -0.545. The molecule has 1 fully saturated rings. The number of phenols is 1. The fraction of sp³-hybridized carbons (Fsp3) is 0.467. The fourth-order valence-corrected chi connectivity index (χ4v) is 2.56. The highest BCUT2D eigenvalue weighted by Gasteiger charge is 2.22. The molecule has 1 saturated heterocycles. The third-order valence-electron chi connectivity index (χ3n) is 3.59. The quantitative estimate of drug-likeness (QED) is 0.802. The Labute approximate surface area is 113 Å². The number of rotatable bonds is 5. The molecular formula is C15H21FN2O. The summed E-state index contributed by atoms with van der Waals surface area (Å²) in [7, 11) is 0. The van der Waals surface area contributed by atoms with Gasteiger partial charge in [0.15, 0.2) is 11.6 Å². The van der Waals surface area contributed by atoms with Crippen LogP contribution in [0.25, 0.3) is 0 Å². The van der Waals surface area contributed by atoms with Crippen LogP contribution in [0.4, 0.5) is 4.39 Å². The number of benzene rings is 1. The smallest absolute Gasteiger partial charge is 0.165 e. The summed E-state index contributed by atoms with van der Waals surface area (Å²) in [5.41, 5.74) is 0.930. The zero-order valence-electron chi connectivity index (χ0n) is 11.1. The molecule has 0 bridgehead atoms. The van der Waals surface area contributed by atoms with Gasteiger partial charge >= 0.3 is 0 Å². The van der Waals surface area contributed by atoms with Gasteiger partial charge in [0.1, 0.15) is 0 Å². The zero-order valence-corrected chi connectivity index (χ0v) is 11.1. The van der Waals surface area contributed by atoms with E-state index in [9.17, 15) is 9.50 Å². The molecule has 0 radical (unpaired) electrons. The number of phenolic OH excluding ortho intramolecular Hbond substituents is 1. The molecule has 0 saturated carbocycles. The SMILES string of the molecule is C=CCC[C@@H](c1ccc(O)c(F)c1)N1CCNCC1. The second-order valence-corrected chi connectivity index (χ2v) is 4.88. The van der Waals surface area contributed by atoms with Crippen LogP contribution in [-0.4, -0.2) is 36.2 Å². The second kappa shape index (κ2) is 6.68. The maximum atomic E-state index is 13.5. The number of nitrogens with one attached hydrogen (secondary N) is 1. The van der Waals surface area contributed by atoms with Crippen molar-refractivity contribution in [3.05, 3.63) is 42.2 Å². The molecular weight excluding hydrogens is 243 g/mol. The van der Waals surface area contributed by atoms with Crippen molar-refractivity contribution in [2.75, 3.05) is 26.2 Å². The number of hydrogen-bond acceptors (Lipinski definition) is 3. The van der Waals surface area contributed by atoms with Crippen molar-refractivity contribution < 1.29 is 9.50 Å². The van der Waals surface area contributed by atoms with Gasteiger partial charge in [0.25, 0.3) is 0 Å². The van der Waals surface area contributed by atoms with Gasteiger partial charge in [-0.3, -0.25) is 4.90 Å². The minimum Gasteiger partial charge on any atom is -0.505 e. The third-order valence-corrected chi connectivity index (χ3v) is 3.59. The maximum Gasteiger partial charge on any atom is 0.165 e. The van der Waals surface area contributed by atoms with Gasteiger partial charge in [0.2, 0.25) is 0 Å². The Kier molecular flexibility index (Phi) is 4.93. The van der Waals surface area contributed by atoms with Crippen LogP contribution in [-0.2, 0) is 0 Å². The lowest BCUT2D eigenvalue weighted by Gasteiger charge is -2.35. The molecule has 0 amide bonds. The van der Waals surface area contributed by atoms with Crippen LogP contribution in [0.5, 0.6) is 5.75 Å². The van der Waals surface area contributed by atoms with Crippen molar-refractivity contribution in [1.82, 2.24) is 10.2 Å². The molecule has 1 aliphatic rings. The van der Waals surface area contributed by atoms with E-state index in [0.717, 1.165) is 44.6 Å². The van der Waals surface area contributed by atoms with Gasteiger partial charge < -0.3 is 10.4 Å². The molecule has 104 valence electrons. The molecule has 4 heteroatoms. The van der Waals surface area contributed by atoms with E-state index in [1.165, 1.54) is 12.1 Å². The summed E-state index contributed by atoms with van der Waals surface area (Å²) in [5, 5.41) is 12.6. The van der Waals surface area contributed by atoms with Crippen molar-refractivity contribution in [2.24, 2.45) is 0 Å². The van der Waals surface area contributed by atoms with E-state index in [4.69, 9.17) is 0 Å². The number of piperazine rings is 1. The van der Waals surface area contributed by atoms with Gasteiger partial charge in [0, 0.05) is 32.2 Å². The molecule has 2 rings (SSSR count). The van der Waals surface area contributed by atoms with Gasteiger partial charge in [-0.1, -0.05) is 12.1 Å². The first-order chi connectivity index (χ1) is 9.22. The largest absolute Gasteiger partial charge is 0.505 e. The fourth-order valence-electron chi connectivity index (χ4n) is 2.56. The van der Waals surface area contributed by atoms with E-state index in [1.54, 1.807) is 0 Å². The summed E-state index contributed by atoms with van der Waals surface area (Å²) >= 11 is 0. The molecule has 1 aromatic rings. The van der Waals surface area contributed by atoms with Crippen molar-refractivity contribution >= 4 is 0 Å². The lowest BCUT2D eigenvalue weighted by atomic mass is 9.99. The van der Waals surface area contributed by atoms with E-state index >= 15 is 0 Å². The third kappa shape index (κ3) is 3.55. The van der Waals surface area contributed by atoms with Gasteiger partial charge in [-0.2, -0.15) is 0 Å². The first-order valence-corrected chi connectivity index (χ1v) is 6.76. The molecule has 0 unspecified atom stereocenters. The average Bonchev–Trinajstić information content (AvgIpc) is 2.44. The first-order valence-electron chi connectivity index (χ1n) is 6.76. The van der Waals surface area contributed by atoms with Crippen molar-refractivity contribution in [3.63, 3.8) is 0 Å². The highest BCUT2D eigenvalue weighted by Crippen LogP contribution is 2.29. The molecule has 0 aliphatic carbocycles. The molecule has 1 aromatic carbocycles. The predicted molar refractivity (Wildman–Crippen MR) is 74.7 cm³/mol. The highest BCUT2D eigenvalue weighted by molar-refractivity contribution is 5.30. The molecule has 2 N–H and O–H groups in total. The molecule has 19 heavy (non-hydrogen) atoms. The van der Waals surface area contributed by atoms with E-state index in [-0.39, 0.29) is 11.8 Å². The molecule has 3 nitrogen and oxygen atoms in total. The molecule has 0 spiro atoms. The maximum absolute atomic E-state index is 13.5. The summed E-state index contributed by atoms with van der Waals surface area (Å²) < 4.78 is 13.5. The first kappa shape index (κ1) is 14.0. The van der Waals surface area contributed by atoms with E-state index in [1.807, 2.05) is 12.1 Å². The average molecular weight is 264 g/mol. The molecule has 1 atom stereocenters. The van der Waals surface area contributed by atoms with Crippen LogP contribution in [0.3, 0.4) is 0 Å². The normalized spacial score (nSPS) is 18.2. The number of halogens is 1. The Hall–Kier alpha value is -1.39. The number of hydrogen-bond donors (Lipinski definition) is 2. The molecule has 0 aromatic heterocycles. The zero-order chi connectivity index (χ0) is 13.7. The van der Waals surface area contributed by atoms with Crippen molar-refractivity contribution in [3.8, 4) is 5.75 Å². The van der Waals surface area contributed by atoms with Crippen LogP contribution in [0, 0.1) is 5.82 Å². The topological polar surface area (TPSA) is 35.5 Å². The standard InChI is InChI=1S/C15H21FN2O/c1-2-3-4-14(18-9-7-17-8-10-18)12-5-6-15(19)13(16)11-12/h2,5-6,11,14,17,19H,1,3-4,7-10H2/t14-/m0/s1. The monoisotopic (exact) mass is 264 g/mol. The predicted octanol–water partition coefficient (Wildman–Crippen LogP) is 2.44. The summed E-state index contributed by atoms with van der Waals surface area (Å²) in [4.78, 5) is 2.37. The Morgan fingerprint density at radius 2 is 2.16 bits per heavy atom. The van der Waals surface area contributed by atoms with Crippen LogP contribution in [0.15, 0.2) is 30.9 Å². The van der Waals surface area contributed by atoms with Crippen molar-refractivity contribution in [2.45, 2.75) is 18.9 Å². The lowest BCUT2D eigenvalue weighted by Crippen LogP contribution is -2.45. The number of allylic oxidation sites excluding steroid dienone is 1. The lowest BCUT2D eigenvalue weighted by molar-refractivity contribution is 0.166. The van der Waals surface area contributed by atoms with Crippen LogP contribution >= 0.6 is 0 Å². The van der Waals surface area contributed by atoms with Gasteiger partial charge in [-0.15, -0.1) is 6.58 Å². The Morgan fingerprint density at radius 1 is 1.42 bits per heavy atom. The Bertz CT molecular complexity index is 430. The van der Waals surface area contributed by atoms with Crippen LogP contribution in [0.1, 0.15) is 24.4 Å². The van der Waals surface area contributed by atoms with Crippen LogP contribution < -0.4 is 5.32 Å².